The third-order valence-electron chi connectivity index (χ3n) is 10.8. The van der Waals surface area contributed by atoms with Crippen molar-refractivity contribution < 1.29 is 18.9 Å². The third-order valence-corrected chi connectivity index (χ3v) is 10.8. The molecular weight excluding hydrogens is 717 g/mol. The van der Waals surface area contributed by atoms with Gasteiger partial charge in [-0.1, -0.05) is 139 Å². The van der Waals surface area contributed by atoms with Crippen molar-refractivity contribution in [3.63, 3.8) is 0 Å². The average Bonchev–Trinajstić information content (AvgIpc) is 3.25. The Morgan fingerprint density at radius 3 is 1.02 bits per heavy atom. The number of para-hydroxylation sites is 2. The lowest BCUT2D eigenvalue weighted by atomic mass is 10.1. The number of hydrogen-bond donors (Lipinski definition) is 0. The number of benzene rings is 3. The second kappa shape index (κ2) is 25.2. The molecule has 0 unspecified atom stereocenters. The smallest absolute Gasteiger partial charge is 0.213 e. The highest BCUT2D eigenvalue weighted by Gasteiger charge is 2.09. The summed E-state index contributed by atoms with van der Waals surface area (Å²) in [6.45, 7) is 2.77. The molecule has 3 heterocycles. The van der Waals surface area contributed by atoms with Crippen LogP contribution in [0.1, 0.15) is 140 Å². The highest BCUT2D eigenvalue weighted by Crippen LogP contribution is 2.27. The minimum Gasteiger partial charge on any atom is -0.492 e. The maximum atomic E-state index is 6.15. The Bertz CT molecular complexity index is 1960. The molecule has 0 amide bonds. The first kappa shape index (κ1) is 42.4. The van der Waals surface area contributed by atoms with E-state index in [1.165, 1.54) is 103 Å². The molecule has 0 fully saturated rings. The Balaban J connectivity index is 0.976. The summed E-state index contributed by atoms with van der Waals surface area (Å²) in [6, 6.07) is 28.3. The molecule has 0 aliphatic carbocycles. The fourth-order valence-corrected chi connectivity index (χ4v) is 7.44. The molecular formula is C52H62N2O4. The predicted molar refractivity (Wildman–Crippen MR) is 238 cm³/mol. The lowest BCUT2D eigenvalue weighted by molar-refractivity contribution is 0.293. The van der Waals surface area contributed by atoms with Crippen LogP contribution in [-0.2, 0) is 0 Å². The van der Waals surface area contributed by atoms with Gasteiger partial charge in [0.25, 0.3) is 0 Å². The fraction of sp³-hybridized carbons (Fsp3) is 0.462. The van der Waals surface area contributed by atoms with E-state index in [0.717, 1.165) is 70.1 Å². The van der Waals surface area contributed by atoms with Gasteiger partial charge in [-0.2, -0.15) is 0 Å². The SMILES string of the molecule is C1#Cc2ccccc2OCCCCCCCCCCCCOc2ccc3ccc4ccc(nc4c3n2)OCCCCCCCCCCCCOc2ccccc2C#C1. The van der Waals surface area contributed by atoms with Gasteiger partial charge in [-0.3, -0.25) is 0 Å². The molecule has 0 atom stereocenters. The average molecular weight is 779 g/mol. The van der Waals surface area contributed by atoms with Crippen molar-refractivity contribution in [2.45, 2.75) is 128 Å². The summed E-state index contributed by atoms with van der Waals surface area (Å²) in [6.07, 6.45) is 24.2. The summed E-state index contributed by atoms with van der Waals surface area (Å²) in [5.74, 6) is 15.5. The first-order valence-corrected chi connectivity index (χ1v) is 22.3. The third kappa shape index (κ3) is 14.6. The van der Waals surface area contributed by atoms with Crippen molar-refractivity contribution in [3.05, 3.63) is 96.1 Å². The van der Waals surface area contributed by atoms with Gasteiger partial charge in [0.05, 0.1) is 37.6 Å². The number of ether oxygens (including phenoxy) is 4. The van der Waals surface area contributed by atoms with Crippen molar-refractivity contribution in [1.82, 2.24) is 9.97 Å². The quantitative estimate of drug-likeness (QED) is 0.115. The van der Waals surface area contributed by atoms with E-state index < -0.39 is 0 Å². The lowest BCUT2D eigenvalue weighted by Gasteiger charge is -2.10. The Morgan fingerprint density at radius 2 is 0.638 bits per heavy atom. The fourth-order valence-electron chi connectivity index (χ4n) is 7.44. The van der Waals surface area contributed by atoms with E-state index in [2.05, 4.69) is 47.9 Å². The highest BCUT2D eigenvalue weighted by molar-refractivity contribution is 6.03. The molecule has 6 rings (SSSR count). The summed E-state index contributed by atoms with van der Waals surface area (Å²) < 4.78 is 24.5. The molecule has 0 saturated carbocycles. The van der Waals surface area contributed by atoms with Gasteiger partial charge in [0.2, 0.25) is 11.8 Å². The van der Waals surface area contributed by atoms with Gasteiger partial charge in [0.15, 0.2) is 0 Å². The van der Waals surface area contributed by atoms with Crippen molar-refractivity contribution in [3.8, 4) is 46.9 Å². The lowest BCUT2D eigenvalue weighted by Crippen LogP contribution is -2.01. The minimum absolute atomic E-state index is 0.665. The van der Waals surface area contributed by atoms with Crippen LogP contribution in [0.2, 0.25) is 0 Å². The van der Waals surface area contributed by atoms with Crippen LogP contribution < -0.4 is 18.9 Å². The van der Waals surface area contributed by atoms with E-state index in [-0.39, 0.29) is 0 Å². The van der Waals surface area contributed by atoms with Gasteiger partial charge in [0, 0.05) is 22.9 Å². The molecule has 0 N–H and O–H groups in total. The monoisotopic (exact) mass is 778 g/mol. The second-order valence-corrected chi connectivity index (χ2v) is 15.5. The Labute approximate surface area is 347 Å². The van der Waals surface area contributed by atoms with Crippen LogP contribution in [-0.4, -0.2) is 36.4 Å². The van der Waals surface area contributed by atoms with Crippen molar-refractivity contribution in [2.75, 3.05) is 26.4 Å². The summed E-state index contributed by atoms with van der Waals surface area (Å²) in [4.78, 5) is 9.78. The summed E-state index contributed by atoms with van der Waals surface area (Å²) in [7, 11) is 0. The summed E-state index contributed by atoms with van der Waals surface area (Å²) >= 11 is 0. The van der Waals surface area contributed by atoms with Gasteiger partial charge < -0.3 is 18.9 Å². The largest absolute Gasteiger partial charge is 0.492 e. The van der Waals surface area contributed by atoms with Crippen LogP contribution in [0.3, 0.4) is 0 Å². The van der Waals surface area contributed by atoms with Gasteiger partial charge in [0.1, 0.15) is 22.5 Å². The zero-order valence-corrected chi connectivity index (χ0v) is 34.6. The van der Waals surface area contributed by atoms with Crippen molar-refractivity contribution in [2.24, 2.45) is 0 Å². The first-order chi connectivity index (χ1) is 28.8. The van der Waals surface area contributed by atoms with Crippen LogP contribution in [0, 0.1) is 23.7 Å². The molecule has 1 aliphatic rings. The number of pyridine rings is 2. The molecule has 2 aromatic heterocycles. The van der Waals surface area contributed by atoms with Gasteiger partial charge in [-0.05, 0) is 85.8 Å². The van der Waals surface area contributed by atoms with Crippen LogP contribution in [0.15, 0.2) is 84.9 Å². The van der Waals surface area contributed by atoms with Crippen LogP contribution >= 0.6 is 0 Å². The Hall–Kier alpha value is -5.20. The molecule has 58 heavy (non-hydrogen) atoms. The van der Waals surface area contributed by atoms with Crippen molar-refractivity contribution >= 4 is 21.8 Å². The maximum absolute atomic E-state index is 6.15. The van der Waals surface area contributed by atoms with E-state index in [1.807, 2.05) is 60.7 Å². The number of aromatic nitrogens is 2. The zero-order valence-electron chi connectivity index (χ0n) is 34.6. The number of rotatable bonds is 0. The topological polar surface area (TPSA) is 62.7 Å². The van der Waals surface area contributed by atoms with Crippen LogP contribution in [0.25, 0.3) is 21.8 Å². The molecule has 4 bridgehead atoms. The number of nitrogens with zero attached hydrogens (tertiary/aromatic N) is 2. The Morgan fingerprint density at radius 1 is 0.328 bits per heavy atom. The van der Waals surface area contributed by atoms with E-state index in [0.29, 0.717) is 38.2 Å². The predicted octanol–water partition coefficient (Wildman–Crippen LogP) is 13.2. The summed E-state index contributed by atoms with van der Waals surface area (Å²) in [5.41, 5.74) is 3.48. The molecule has 0 spiro atoms. The van der Waals surface area contributed by atoms with Gasteiger partial charge >= 0.3 is 0 Å². The number of fused-ring (bicyclic) bond motifs is 4. The maximum Gasteiger partial charge on any atom is 0.213 e. The molecule has 0 radical (unpaired) electrons. The first-order valence-electron chi connectivity index (χ1n) is 22.3. The summed E-state index contributed by atoms with van der Waals surface area (Å²) in [5, 5.41) is 2.12. The molecule has 6 nitrogen and oxygen atoms in total. The van der Waals surface area contributed by atoms with E-state index in [4.69, 9.17) is 28.9 Å². The van der Waals surface area contributed by atoms with Gasteiger partial charge in [-0.25, -0.2) is 9.97 Å². The molecule has 304 valence electrons. The van der Waals surface area contributed by atoms with Crippen LogP contribution in [0.4, 0.5) is 0 Å². The molecule has 3 aromatic carbocycles. The second-order valence-electron chi connectivity index (χ2n) is 15.5. The normalized spacial score (nSPS) is 16.9. The van der Waals surface area contributed by atoms with Gasteiger partial charge in [-0.15, -0.1) is 0 Å². The van der Waals surface area contributed by atoms with E-state index >= 15 is 0 Å². The van der Waals surface area contributed by atoms with E-state index in [9.17, 15) is 0 Å². The standard InChI is InChI=1S/C52H62N2O4/c1-3-7-11-15-25-41-57-49-37-35-45-33-34-46-36-38-50(54-52(46)51(45)53-49)58-42-26-16-12-8-4-2-6-10-14-24-40-56-48-32-22-20-30-44(48)28-18-17-27-43-29-19-21-31-47(43)55-39-23-13-9-5-1/h19-22,29-38H,1-16,23-26,39-42H2. The molecule has 1 aliphatic heterocycles. The molecule has 6 heteroatoms. The zero-order chi connectivity index (χ0) is 39.7. The Kier molecular flexibility index (Phi) is 18.4. The van der Waals surface area contributed by atoms with Crippen LogP contribution in [0.5, 0.6) is 23.3 Å². The highest BCUT2D eigenvalue weighted by atomic mass is 16.5. The molecule has 0 saturated heterocycles. The van der Waals surface area contributed by atoms with E-state index in [1.54, 1.807) is 0 Å². The molecule has 5 aromatic rings. The number of hydrogen-bond acceptors (Lipinski definition) is 6. The minimum atomic E-state index is 0.665. The van der Waals surface area contributed by atoms with Crippen molar-refractivity contribution in [1.29, 1.82) is 0 Å².